The van der Waals surface area contributed by atoms with E-state index in [9.17, 15) is 9.59 Å². The molecule has 0 bridgehead atoms. The number of carboxylic acids is 1. The second kappa shape index (κ2) is 8.44. The van der Waals surface area contributed by atoms with Crippen LogP contribution in [0.4, 0.5) is 0 Å². The molecule has 0 spiro atoms. The third kappa shape index (κ3) is 4.49. The molecule has 1 aliphatic heterocycles. The Balaban J connectivity index is 1.81. The predicted octanol–water partition coefficient (Wildman–Crippen LogP) is 2.58. The fourth-order valence-electron chi connectivity index (χ4n) is 2.85. The average Bonchev–Trinajstić information content (AvgIpc) is 2.89. The number of para-hydroxylation sites is 1. The average molecular weight is 371 g/mol. The summed E-state index contributed by atoms with van der Waals surface area (Å²) in [6.07, 6.45) is 0. The molecule has 2 aromatic rings. The maximum absolute atomic E-state index is 13.0. The second-order valence-electron chi connectivity index (χ2n) is 5.96. The van der Waals surface area contributed by atoms with Crippen molar-refractivity contribution < 1.29 is 28.9 Å². The predicted molar refractivity (Wildman–Crippen MR) is 97.4 cm³/mol. The van der Waals surface area contributed by atoms with E-state index in [1.165, 1.54) is 0 Å². The minimum atomic E-state index is -1.08. The molecule has 2 aromatic carbocycles. The van der Waals surface area contributed by atoms with Gasteiger partial charge in [-0.15, -0.1) is 0 Å². The number of aliphatic carboxylic acids is 1. The number of carbonyl (C=O) groups is 2. The molecule has 7 heteroatoms. The van der Waals surface area contributed by atoms with E-state index in [0.29, 0.717) is 43.4 Å². The normalized spacial score (nSPS) is 13.1. The van der Waals surface area contributed by atoms with E-state index in [-0.39, 0.29) is 5.91 Å². The third-order valence-electron chi connectivity index (χ3n) is 4.08. The molecule has 1 heterocycles. The van der Waals surface area contributed by atoms with Crippen LogP contribution < -0.4 is 14.2 Å². The van der Waals surface area contributed by atoms with Gasteiger partial charge in [0.15, 0.2) is 18.1 Å². The van der Waals surface area contributed by atoms with E-state index in [2.05, 4.69) is 0 Å². The lowest BCUT2D eigenvalue weighted by atomic mass is 10.1. The van der Waals surface area contributed by atoms with Crippen molar-refractivity contribution in [3.8, 4) is 17.2 Å². The molecule has 0 unspecified atom stereocenters. The molecule has 1 amide bonds. The molecule has 0 atom stereocenters. The second-order valence-corrected chi connectivity index (χ2v) is 5.96. The van der Waals surface area contributed by atoms with Crippen molar-refractivity contribution in [3.63, 3.8) is 0 Å². The van der Waals surface area contributed by atoms with Crippen molar-refractivity contribution in [3.05, 3.63) is 53.6 Å². The fourth-order valence-corrected chi connectivity index (χ4v) is 2.85. The van der Waals surface area contributed by atoms with Gasteiger partial charge < -0.3 is 24.2 Å². The smallest absolute Gasteiger partial charge is 0.341 e. The first-order valence-electron chi connectivity index (χ1n) is 8.70. The third-order valence-corrected chi connectivity index (χ3v) is 4.08. The molecule has 3 rings (SSSR count). The van der Waals surface area contributed by atoms with E-state index in [4.69, 9.17) is 19.3 Å². The van der Waals surface area contributed by atoms with Gasteiger partial charge in [0.25, 0.3) is 5.91 Å². The van der Waals surface area contributed by atoms with Crippen molar-refractivity contribution in [2.75, 3.05) is 26.4 Å². The quantitative estimate of drug-likeness (QED) is 0.840. The number of amides is 1. The summed E-state index contributed by atoms with van der Waals surface area (Å²) in [4.78, 5) is 25.4. The Hall–Kier alpha value is -3.22. The summed E-state index contributed by atoms with van der Waals surface area (Å²) in [7, 11) is 0. The summed E-state index contributed by atoms with van der Waals surface area (Å²) < 4.78 is 16.4. The number of carboxylic acid groups (broad SMARTS) is 1. The van der Waals surface area contributed by atoms with E-state index in [1.54, 1.807) is 30.0 Å². The summed E-state index contributed by atoms with van der Waals surface area (Å²) in [6, 6.07) is 12.4. The number of rotatable bonds is 6. The molecule has 0 radical (unpaired) electrons. The highest BCUT2D eigenvalue weighted by Crippen LogP contribution is 2.30. The summed E-state index contributed by atoms with van der Waals surface area (Å²) >= 11 is 0. The van der Waals surface area contributed by atoms with E-state index < -0.39 is 12.6 Å². The van der Waals surface area contributed by atoms with Gasteiger partial charge in [0.1, 0.15) is 12.4 Å². The molecule has 142 valence electrons. The molecular formula is C20H21NO6. The van der Waals surface area contributed by atoms with Crippen molar-refractivity contribution in [1.82, 2.24) is 4.90 Å². The topological polar surface area (TPSA) is 85.3 Å². The molecule has 0 aliphatic carbocycles. The maximum Gasteiger partial charge on any atom is 0.341 e. The van der Waals surface area contributed by atoms with Crippen molar-refractivity contribution in [1.29, 1.82) is 0 Å². The molecule has 0 fully saturated rings. The Morgan fingerprint density at radius 1 is 1.15 bits per heavy atom. The standard InChI is InChI=1S/C20H21NO6/c1-2-25-18-11-14(7-8-17(18)27-13-19(22)23)20(24)21-9-10-26-16-6-4-3-5-15(16)12-21/h3-8,11H,2,9-10,12-13H2,1H3,(H,22,23). The first-order chi connectivity index (χ1) is 13.1. The lowest BCUT2D eigenvalue weighted by molar-refractivity contribution is -0.139. The van der Waals surface area contributed by atoms with Crippen LogP contribution >= 0.6 is 0 Å². The van der Waals surface area contributed by atoms with Crippen LogP contribution in [-0.4, -0.2) is 48.2 Å². The minimum Gasteiger partial charge on any atom is -0.491 e. The lowest BCUT2D eigenvalue weighted by Gasteiger charge is -2.21. The van der Waals surface area contributed by atoms with Gasteiger partial charge in [-0.25, -0.2) is 4.79 Å². The van der Waals surface area contributed by atoms with E-state index in [1.807, 2.05) is 24.3 Å². The van der Waals surface area contributed by atoms with Gasteiger partial charge in [-0.2, -0.15) is 0 Å². The molecule has 27 heavy (non-hydrogen) atoms. The molecule has 0 saturated heterocycles. The number of benzene rings is 2. The summed E-state index contributed by atoms with van der Waals surface area (Å²) in [5, 5.41) is 8.78. The Labute approximate surface area is 157 Å². The highest BCUT2D eigenvalue weighted by molar-refractivity contribution is 5.95. The van der Waals surface area contributed by atoms with E-state index >= 15 is 0 Å². The number of ether oxygens (including phenoxy) is 3. The molecule has 1 N–H and O–H groups in total. The zero-order chi connectivity index (χ0) is 19.2. The minimum absolute atomic E-state index is 0.152. The van der Waals surface area contributed by atoms with Gasteiger partial charge in [-0.05, 0) is 31.2 Å². The summed E-state index contributed by atoms with van der Waals surface area (Å²) in [5.41, 5.74) is 1.40. The van der Waals surface area contributed by atoms with Gasteiger partial charge in [0.05, 0.1) is 13.2 Å². The van der Waals surface area contributed by atoms with Crippen LogP contribution in [0.2, 0.25) is 0 Å². The maximum atomic E-state index is 13.0. The largest absolute Gasteiger partial charge is 0.491 e. The van der Waals surface area contributed by atoms with Crippen molar-refractivity contribution >= 4 is 11.9 Å². The van der Waals surface area contributed by atoms with Crippen LogP contribution in [0.3, 0.4) is 0 Å². The molecule has 1 aliphatic rings. The van der Waals surface area contributed by atoms with Gasteiger partial charge in [-0.1, -0.05) is 18.2 Å². The molecule has 0 saturated carbocycles. The zero-order valence-electron chi connectivity index (χ0n) is 15.0. The van der Waals surface area contributed by atoms with Gasteiger partial charge in [0, 0.05) is 17.7 Å². The van der Waals surface area contributed by atoms with Gasteiger partial charge >= 0.3 is 5.97 Å². The summed E-state index contributed by atoms with van der Waals surface area (Å²) in [6.45, 7) is 3.03. The van der Waals surface area contributed by atoms with Gasteiger partial charge in [0.2, 0.25) is 0 Å². The highest BCUT2D eigenvalue weighted by Gasteiger charge is 2.22. The van der Waals surface area contributed by atoms with Gasteiger partial charge in [-0.3, -0.25) is 4.79 Å². The first kappa shape index (κ1) is 18.6. The molecular weight excluding hydrogens is 350 g/mol. The van der Waals surface area contributed by atoms with Crippen molar-refractivity contribution in [2.24, 2.45) is 0 Å². The Bertz CT molecular complexity index is 835. The van der Waals surface area contributed by atoms with Crippen LogP contribution in [0.5, 0.6) is 17.2 Å². The van der Waals surface area contributed by atoms with E-state index in [0.717, 1.165) is 11.3 Å². The number of fused-ring (bicyclic) bond motifs is 1. The molecule has 0 aromatic heterocycles. The van der Waals surface area contributed by atoms with Crippen LogP contribution in [0.1, 0.15) is 22.8 Å². The number of hydrogen-bond donors (Lipinski definition) is 1. The number of hydrogen-bond acceptors (Lipinski definition) is 5. The van der Waals surface area contributed by atoms with Crippen LogP contribution in [0.25, 0.3) is 0 Å². The Morgan fingerprint density at radius 2 is 1.96 bits per heavy atom. The van der Waals surface area contributed by atoms with Crippen LogP contribution in [0.15, 0.2) is 42.5 Å². The summed E-state index contributed by atoms with van der Waals surface area (Å²) in [5.74, 6) is 0.193. The van der Waals surface area contributed by atoms with Crippen LogP contribution in [-0.2, 0) is 11.3 Å². The fraction of sp³-hybridized carbons (Fsp3) is 0.300. The lowest BCUT2D eigenvalue weighted by Crippen LogP contribution is -2.32. The SMILES string of the molecule is CCOc1cc(C(=O)N2CCOc3ccccc3C2)ccc1OCC(=O)O. The monoisotopic (exact) mass is 371 g/mol. The zero-order valence-corrected chi connectivity index (χ0v) is 15.0. The highest BCUT2D eigenvalue weighted by atomic mass is 16.5. The Kier molecular flexibility index (Phi) is 5.80. The first-order valence-corrected chi connectivity index (χ1v) is 8.70. The number of carbonyl (C=O) groups excluding carboxylic acids is 1. The van der Waals surface area contributed by atoms with Crippen LogP contribution in [0, 0.1) is 0 Å². The van der Waals surface area contributed by atoms with Crippen molar-refractivity contribution in [2.45, 2.75) is 13.5 Å². The Morgan fingerprint density at radius 3 is 2.74 bits per heavy atom. The molecule has 7 nitrogen and oxygen atoms in total. The number of nitrogens with zero attached hydrogens (tertiary/aromatic N) is 1.